The Balaban J connectivity index is 1.80. The Labute approximate surface area is 112 Å². The van der Waals surface area contributed by atoms with Crippen LogP contribution >= 0.6 is 0 Å². The Bertz CT molecular complexity index is 692. The van der Waals surface area contributed by atoms with Crippen molar-refractivity contribution in [2.24, 2.45) is 11.3 Å². The topological polar surface area (TPSA) is 55.7 Å². The highest BCUT2D eigenvalue weighted by Crippen LogP contribution is 2.60. The van der Waals surface area contributed by atoms with E-state index in [-0.39, 0.29) is 0 Å². The molecule has 0 amide bonds. The van der Waals surface area contributed by atoms with E-state index in [9.17, 15) is 5.26 Å². The van der Waals surface area contributed by atoms with Crippen LogP contribution < -0.4 is 4.90 Å². The number of pyridine rings is 1. The first kappa shape index (κ1) is 10.9. The normalized spacial score (nSPS) is 28.4. The Hall–Kier alpha value is -2.02. The smallest absolute Gasteiger partial charge is 0.140 e. The second-order valence-corrected chi connectivity index (χ2v) is 5.87. The summed E-state index contributed by atoms with van der Waals surface area (Å²) in [5.74, 6) is 0.852. The van der Waals surface area contributed by atoms with Crippen LogP contribution in [0.3, 0.4) is 0 Å². The predicted octanol–water partition coefficient (Wildman–Crippen LogP) is 2.67. The molecule has 2 aliphatic rings. The molecular formula is C15H16N4. The fraction of sp³-hybridized carbons (Fsp3) is 0.467. The Morgan fingerprint density at radius 1 is 1.63 bits per heavy atom. The molecule has 4 nitrogen and oxygen atoms in total. The Kier molecular flexibility index (Phi) is 2.00. The molecule has 2 aromatic rings. The third-order valence-corrected chi connectivity index (χ3v) is 5.02. The van der Waals surface area contributed by atoms with Gasteiger partial charge in [0.15, 0.2) is 0 Å². The first-order valence-electron chi connectivity index (χ1n) is 6.88. The highest BCUT2D eigenvalue weighted by atomic mass is 15.2. The van der Waals surface area contributed by atoms with Crippen molar-refractivity contribution in [3.05, 3.63) is 24.0 Å². The largest absolute Gasteiger partial charge is 0.370 e. The van der Waals surface area contributed by atoms with Crippen LogP contribution in [0.5, 0.6) is 0 Å². The summed E-state index contributed by atoms with van der Waals surface area (Å²) in [6, 6.07) is 4.31. The lowest BCUT2D eigenvalue weighted by atomic mass is 10.0. The molecule has 2 aromatic heterocycles. The van der Waals surface area contributed by atoms with Gasteiger partial charge in [-0.05, 0) is 30.2 Å². The van der Waals surface area contributed by atoms with E-state index in [1.165, 1.54) is 18.5 Å². The third kappa shape index (κ3) is 1.36. The van der Waals surface area contributed by atoms with E-state index in [2.05, 4.69) is 27.9 Å². The van der Waals surface area contributed by atoms with Crippen LogP contribution in [0.15, 0.2) is 18.5 Å². The maximum atomic E-state index is 9.23. The second-order valence-electron chi connectivity index (χ2n) is 5.87. The molecule has 1 saturated heterocycles. The number of nitrogens with one attached hydrogen (secondary N) is 1. The number of rotatable bonds is 2. The molecule has 96 valence electrons. The van der Waals surface area contributed by atoms with Crippen molar-refractivity contribution in [3.63, 3.8) is 0 Å². The average molecular weight is 252 g/mol. The van der Waals surface area contributed by atoms with Gasteiger partial charge in [0, 0.05) is 25.5 Å². The van der Waals surface area contributed by atoms with Crippen LogP contribution in [-0.2, 0) is 0 Å². The zero-order chi connectivity index (χ0) is 13.0. The average Bonchev–Trinajstić information content (AvgIpc) is 2.84. The molecule has 0 radical (unpaired) electrons. The van der Waals surface area contributed by atoms with Crippen molar-refractivity contribution in [2.75, 3.05) is 18.0 Å². The molecular weight excluding hydrogens is 236 g/mol. The van der Waals surface area contributed by atoms with Gasteiger partial charge in [0.2, 0.25) is 0 Å². The van der Waals surface area contributed by atoms with E-state index in [1.807, 2.05) is 12.3 Å². The molecule has 0 aromatic carbocycles. The van der Waals surface area contributed by atoms with Crippen molar-refractivity contribution < 1.29 is 0 Å². The lowest BCUT2D eigenvalue weighted by Gasteiger charge is -2.23. The van der Waals surface area contributed by atoms with Gasteiger partial charge in [0.05, 0.1) is 16.6 Å². The fourth-order valence-electron chi connectivity index (χ4n) is 3.71. The number of piperidine rings is 1. The first-order valence-corrected chi connectivity index (χ1v) is 6.88. The van der Waals surface area contributed by atoms with Crippen LogP contribution in [-0.4, -0.2) is 23.1 Å². The molecule has 4 heteroatoms. The zero-order valence-corrected chi connectivity index (χ0v) is 11.0. The van der Waals surface area contributed by atoms with Gasteiger partial charge >= 0.3 is 0 Å². The number of fused-ring (bicyclic) bond motifs is 2. The summed E-state index contributed by atoms with van der Waals surface area (Å²) in [5, 5.41) is 10.2. The maximum Gasteiger partial charge on any atom is 0.140 e. The molecule has 1 N–H and O–H groups in total. The number of nitrogens with zero attached hydrogens (tertiary/aromatic N) is 3. The number of aromatic nitrogens is 2. The second kappa shape index (κ2) is 3.51. The van der Waals surface area contributed by atoms with Crippen molar-refractivity contribution >= 4 is 16.7 Å². The first-order chi connectivity index (χ1) is 9.27. The summed E-state index contributed by atoms with van der Waals surface area (Å²) in [4.78, 5) is 9.85. The van der Waals surface area contributed by atoms with Gasteiger partial charge in [-0.25, -0.2) is 4.98 Å². The number of hydrogen-bond donors (Lipinski definition) is 1. The zero-order valence-electron chi connectivity index (χ0n) is 11.0. The quantitative estimate of drug-likeness (QED) is 0.894. The number of nitriles is 1. The monoisotopic (exact) mass is 252 g/mol. The highest BCUT2D eigenvalue weighted by molar-refractivity contribution is 5.95. The summed E-state index contributed by atoms with van der Waals surface area (Å²) in [6.45, 7) is 4.55. The molecule has 2 fully saturated rings. The number of anilines is 1. The van der Waals surface area contributed by atoms with Crippen LogP contribution in [0.2, 0.25) is 0 Å². The number of H-pyrrole nitrogens is 1. The minimum Gasteiger partial charge on any atom is -0.370 e. The van der Waals surface area contributed by atoms with Gasteiger partial charge in [-0.1, -0.05) is 6.92 Å². The van der Waals surface area contributed by atoms with Crippen LogP contribution in [0.4, 0.5) is 5.69 Å². The van der Waals surface area contributed by atoms with Gasteiger partial charge < -0.3 is 9.88 Å². The van der Waals surface area contributed by atoms with Crippen molar-refractivity contribution in [1.29, 1.82) is 5.26 Å². The van der Waals surface area contributed by atoms with E-state index in [1.54, 1.807) is 6.20 Å². The minimum absolute atomic E-state index is 0.554. The fourth-order valence-corrected chi connectivity index (χ4v) is 3.71. The highest BCUT2D eigenvalue weighted by Gasteiger charge is 2.58. The molecule has 19 heavy (non-hydrogen) atoms. The Morgan fingerprint density at radius 3 is 3.26 bits per heavy atom. The van der Waals surface area contributed by atoms with Gasteiger partial charge in [-0.2, -0.15) is 5.26 Å². The SMILES string of the molecule is CCC12CC1CN(c1ccnc3[nH]cc(C#N)c13)C2. The van der Waals surface area contributed by atoms with Crippen molar-refractivity contribution in [1.82, 2.24) is 9.97 Å². The molecule has 1 aliphatic heterocycles. The summed E-state index contributed by atoms with van der Waals surface area (Å²) in [5.41, 5.74) is 3.24. The molecule has 0 spiro atoms. The molecule has 3 heterocycles. The van der Waals surface area contributed by atoms with Crippen molar-refractivity contribution in [2.45, 2.75) is 19.8 Å². The summed E-state index contributed by atoms with van der Waals surface area (Å²) < 4.78 is 0. The van der Waals surface area contributed by atoms with E-state index in [4.69, 9.17) is 0 Å². The van der Waals surface area contributed by atoms with Gasteiger partial charge in [0.1, 0.15) is 11.7 Å². The lowest BCUT2D eigenvalue weighted by Crippen LogP contribution is -2.24. The summed E-state index contributed by atoms with van der Waals surface area (Å²) >= 11 is 0. The van der Waals surface area contributed by atoms with Crippen molar-refractivity contribution in [3.8, 4) is 6.07 Å². The van der Waals surface area contributed by atoms with Gasteiger partial charge in [0.25, 0.3) is 0 Å². The van der Waals surface area contributed by atoms with Gasteiger partial charge in [-0.3, -0.25) is 0 Å². The molecule has 4 rings (SSSR count). The van der Waals surface area contributed by atoms with Crippen LogP contribution in [0, 0.1) is 22.7 Å². The lowest BCUT2D eigenvalue weighted by molar-refractivity contribution is 0.510. The summed E-state index contributed by atoms with van der Waals surface area (Å²) in [7, 11) is 0. The predicted molar refractivity (Wildman–Crippen MR) is 73.9 cm³/mol. The number of hydrogen-bond acceptors (Lipinski definition) is 3. The molecule has 1 saturated carbocycles. The maximum absolute atomic E-state index is 9.23. The van der Waals surface area contributed by atoms with E-state index < -0.39 is 0 Å². The van der Waals surface area contributed by atoms with E-state index in [0.29, 0.717) is 11.0 Å². The van der Waals surface area contributed by atoms with E-state index >= 15 is 0 Å². The van der Waals surface area contributed by atoms with Gasteiger partial charge in [-0.15, -0.1) is 0 Å². The molecule has 2 unspecified atom stereocenters. The Morgan fingerprint density at radius 2 is 2.53 bits per heavy atom. The third-order valence-electron chi connectivity index (χ3n) is 5.02. The minimum atomic E-state index is 0.554. The van der Waals surface area contributed by atoms with E-state index in [0.717, 1.165) is 30.0 Å². The molecule has 2 atom stereocenters. The number of aromatic amines is 1. The summed E-state index contributed by atoms with van der Waals surface area (Å²) in [6.07, 6.45) is 6.23. The molecule has 0 bridgehead atoms. The standard InChI is InChI=1S/C15H16N4/c1-2-15-5-11(15)8-19(9-15)12-3-4-17-14-13(12)10(6-16)7-18-14/h3-4,7,11H,2,5,8-9H2,1H3,(H,17,18). The molecule has 1 aliphatic carbocycles. The van der Waals surface area contributed by atoms with Crippen LogP contribution in [0.25, 0.3) is 11.0 Å². The van der Waals surface area contributed by atoms with Crippen LogP contribution in [0.1, 0.15) is 25.3 Å².